The Morgan fingerprint density at radius 1 is 1.19 bits per heavy atom. The predicted molar refractivity (Wildman–Crippen MR) is 84.4 cm³/mol. The Bertz CT molecular complexity index is 447. The lowest BCUT2D eigenvalue weighted by Crippen LogP contribution is -2.48. The molecule has 3 N–H and O–H groups in total. The van der Waals surface area contributed by atoms with Gasteiger partial charge in [0.15, 0.2) is 0 Å². The van der Waals surface area contributed by atoms with E-state index in [-0.39, 0.29) is 36.8 Å². The maximum Gasteiger partial charge on any atom is 0.239 e. The number of benzene rings is 1. The molecule has 1 fully saturated rings. The Kier molecular flexibility index (Phi) is 7.79. The molecule has 6 heteroatoms. The van der Waals surface area contributed by atoms with E-state index >= 15 is 0 Å². The summed E-state index contributed by atoms with van der Waals surface area (Å²) in [5.41, 5.74) is 0.946. The van der Waals surface area contributed by atoms with E-state index in [2.05, 4.69) is 16.0 Å². The van der Waals surface area contributed by atoms with Crippen LogP contribution in [-0.2, 0) is 16.0 Å². The average molecular weight is 312 g/mol. The van der Waals surface area contributed by atoms with Gasteiger partial charge in [-0.3, -0.25) is 9.59 Å². The summed E-state index contributed by atoms with van der Waals surface area (Å²) < 4.78 is 0. The fourth-order valence-electron chi connectivity index (χ4n) is 2.28. The molecule has 1 atom stereocenters. The summed E-state index contributed by atoms with van der Waals surface area (Å²) in [6.45, 7) is 1.87. The zero-order valence-corrected chi connectivity index (χ0v) is 12.7. The Morgan fingerprint density at radius 2 is 1.95 bits per heavy atom. The standard InChI is InChI=1S/C15H21N3O2.ClH/c19-14(9-12-5-2-1-3-6-12)17-11-15(20)18-13-7-4-8-16-10-13;/h1-3,5-6,13,16H,4,7-11H2,(H,17,19)(H,18,20);1H. The number of carbonyl (C=O) groups is 2. The normalized spacial score (nSPS) is 17.4. The number of hydrogen-bond donors (Lipinski definition) is 3. The van der Waals surface area contributed by atoms with E-state index in [1.807, 2.05) is 30.3 Å². The molecule has 0 spiro atoms. The minimum atomic E-state index is -0.131. The molecule has 5 nitrogen and oxygen atoms in total. The van der Waals surface area contributed by atoms with Crippen LogP contribution in [0.15, 0.2) is 30.3 Å². The minimum Gasteiger partial charge on any atom is -0.351 e. The third kappa shape index (κ3) is 6.60. The molecule has 1 saturated heterocycles. The number of amides is 2. The molecule has 1 aromatic rings. The van der Waals surface area contributed by atoms with Crippen molar-refractivity contribution in [2.75, 3.05) is 19.6 Å². The van der Waals surface area contributed by atoms with Crippen molar-refractivity contribution < 1.29 is 9.59 Å². The Hall–Kier alpha value is -1.59. The van der Waals surface area contributed by atoms with Crippen LogP contribution in [0.25, 0.3) is 0 Å². The lowest BCUT2D eigenvalue weighted by molar-refractivity contribution is -0.126. The van der Waals surface area contributed by atoms with E-state index in [1.165, 1.54) is 0 Å². The quantitative estimate of drug-likeness (QED) is 0.747. The molecule has 1 aromatic carbocycles. The van der Waals surface area contributed by atoms with Crippen LogP contribution in [0.1, 0.15) is 18.4 Å². The highest BCUT2D eigenvalue weighted by Gasteiger charge is 2.15. The van der Waals surface area contributed by atoms with E-state index in [9.17, 15) is 9.59 Å². The maximum atomic E-state index is 11.7. The van der Waals surface area contributed by atoms with E-state index < -0.39 is 0 Å². The van der Waals surface area contributed by atoms with Gasteiger partial charge >= 0.3 is 0 Å². The summed E-state index contributed by atoms with van der Waals surface area (Å²) in [6, 6.07) is 9.67. The summed E-state index contributed by atoms with van der Waals surface area (Å²) in [5.74, 6) is -0.256. The zero-order valence-electron chi connectivity index (χ0n) is 11.9. The van der Waals surface area contributed by atoms with E-state index in [1.54, 1.807) is 0 Å². The summed E-state index contributed by atoms with van der Waals surface area (Å²) in [7, 11) is 0. The highest BCUT2D eigenvalue weighted by atomic mass is 35.5. The molecular weight excluding hydrogens is 290 g/mol. The van der Waals surface area contributed by atoms with Gasteiger partial charge in [-0.1, -0.05) is 30.3 Å². The SMILES string of the molecule is Cl.O=C(Cc1ccccc1)NCC(=O)NC1CCCNC1. The lowest BCUT2D eigenvalue weighted by Gasteiger charge is -2.23. The Balaban J connectivity index is 0.00000220. The van der Waals surface area contributed by atoms with Gasteiger partial charge in [-0.25, -0.2) is 0 Å². The van der Waals surface area contributed by atoms with Gasteiger partial charge in [0.2, 0.25) is 11.8 Å². The molecule has 0 aliphatic carbocycles. The maximum absolute atomic E-state index is 11.7. The molecule has 2 rings (SSSR count). The van der Waals surface area contributed by atoms with E-state index in [0.717, 1.165) is 31.5 Å². The first-order chi connectivity index (χ1) is 9.74. The van der Waals surface area contributed by atoms with Gasteiger partial charge in [-0.2, -0.15) is 0 Å². The van der Waals surface area contributed by atoms with Gasteiger partial charge in [0, 0.05) is 12.6 Å². The highest BCUT2D eigenvalue weighted by Crippen LogP contribution is 2.01. The van der Waals surface area contributed by atoms with E-state index in [0.29, 0.717) is 6.42 Å². The zero-order chi connectivity index (χ0) is 14.2. The smallest absolute Gasteiger partial charge is 0.239 e. The molecule has 0 saturated carbocycles. The molecule has 0 radical (unpaired) electrons. The third-order valence-electron chi connectivity index (χ3n) is 3.32. The molecule has 0 bridgehead atoms. The molecule has 0 aromatic heterocycles. The highest BCUT2D eigenvalue weighted by molar-refractivity contribution is 5.86. The Morgan fingerprint density at radius 3 is 2.62 bits per heavy atom. The first-order valence-corrected chi connectivity index (χ1v) is 7.05. The summed E-state index contributed by atoms with van der Waals surface area (Å²) >= 11 is 0. The molecule has 1 unspecified atom stereocenters. The predicted octanol–water partition coefficient (Wildman–Crippen LogP) is 0.635. The van der Waals surface area contributed by atoms with Gasteiger partial charge in [0.25, 0.3) is 0 Å². The first kappa shape index (κ1) is 17.5. The van der Waals surface area contributed by atoms with Crippen LogP contribution in [0.4, 0.5) is 0 Å². The van der Waals surface area contributed by atoms with Gasteiger partial charge < -0.3 is 16.0 Å². The number of piperidine rings is 1. The number of halogens is 1. The van der Waals surface area contributed by atoms with Gasteiger partial charge in [-0.05, 0) is 24.9 Å². The number of nitrogens with one attached hydrogen (secondary N) is 3. The summed E-state index contributed by atoms with van der Waals surface area (Å²) in [6.07, 6.45) is 2.38. The minimum absolute atomic E-state index is 0. The van der Waals surface area contributed by atoms with Crippen LogP contribution in [0.3, 0.4) is 0 Å². The second-order valence-electron chi connectivity index (χ2n) is 5.05. The second-order valence-corrected chi connectivity index (χ2v) is 5.05. The van der Waals surface area contributed by atoms with Crippen molar-refractivity contribution in [3.63, 3.8) is 0 Å². The molecule has 116 valence electrons. The fraction of sp³-hybridized carbons (Fsp3) is 0.467. The molecule has 21 heavy (non-hydrogen) atoms. The average Bonchev–Trinajstić information content (AvgIpc) is 2.47. The number of rotatable bonds is 5. The third-order valence-corrected chi connectivity index (χ3v) is 3.32. The number of hydrogen-bond acceptors (Lipinski definition) is 3. The van der Waals surface area contributed by atoms with Crippen LogP contribution in [0.2, 0.25) is 0 Å². The van der Waals surface area contributed by atoms with Crippen LogP contribution >= 0.6 is 12.4 Å². The van der Waals surface area contributed by atoms with Crippen LogP contribution in [0.5, 0.6) is 0 Å². The summed E-state index contributed by atoms with van der Waals surface area (Å²) in [4.78, 5) is 23.4. The van der Waals surface area contributed by atoms with Crippen molar-refractivity contribution in [3.8, 4) is 0 Å². The van der Waals surface area contributed by atoms with Crippen LogP contribution < -0.4 is 16.0 Å². The van der Waals surface area contributed by atoms with Crippen LogP contribution in [0, 0.1) is 0 Å². The second kappa shape index (κ2) is 9.37. The fourth-order valence-corrected chi connectivity index (χ4v) is 2.28. The summed E-state index contributed by atoms with van der Waals surface area (Å²) in [5, 5.41) is 8.81. The molecule has 1 aliphatic rings. The molecular formula is C15H22ClN3O2. The molecule has 1 heterocycles. The lowest BCUT2D eigenvalue weighted by atomic mass is 10.1. The largest absolute Gasteiger partial charge is 0.351 e. The van der Waals surface area contributed by atoms with Gasteiger partial charge in [0.1, 0.15) is 0 Å². The van der Waals surface area contributed by atoms with Crippen LogP contribution in [-0.4, -0.2) is 37.5 Å². The number of carbonyl (C=O) groups excluding carboxylic acids is 2. The monoisotopic (exact) mass is 311 g/mol. The van der Waals surface area contributed by atoms with Gasteiger partial charge in [0.05, 0.1) is 13.0 Å². The van der Waals surface area contributed by atoms with Crippen molar-refractivity contribution in [2.24, 2.45) is 0 Å². The van der Waals surface area contributed by atoms with Crippen molar-refractivity contribution in [3.05, 3.63) is 35.9 Å². The topological polar surface area (TPSA) is 70.2 Å². The first-order valence-electron chi connectivity index (χ1n) is 7.05. The van der Waals surface area contributed by atoms with Crippen molar-refractivity contribution in [2.45, 2.75) is 25.3 Å². The Labute approximate surface area is 131 Å². The molecule has 2 amide bonds. The van der Waals surface area contributed by atoms with E-state index in [4.69, 9.17) is 0 Å². The van der Waals surface area contributed by atoms with Gasteiger partial charge in [-0.15, -0.1) is 12.4 Å². The van der Waals surface area contributed by atoms with Crippen molar-refractivity contribution in [1.82, 2.24) is 16.0 Å². The van der Waals surface area contributed by atoms with Crippen molar-refractivity contribution >= 4 is 24.2 Å². The molecule has 1 aliphatic heterocycles. The van der Waals surface area contributed by atoms with Crippen molar-refractivity contribution in [1.29, 1.82) is 0 Å².